The van der Waals surface area contributed by atoms with Crippen molar-refractivity contribution in [1.82, 2.24) is 25.0 Å². The zero-order valence-corrected chi connectivity index (χ0v) is 19.4. The van der Waals surface area contributed by atoms with E-state index in [1.165, 1.54) is 11.3 Å². The van der Waals surface area contributed by atoms with Crippen LogP contribution in [0.2, 0.25) is 0 Å². The monoisotopic (exact) mass is 469 g/mol. The van der Waals surface area contributed by atoms with Gasteiger partial charge in [-0.05, 0) is 13.0 Å². The lowest BCUT2D eigenvalue weighted by Gasteiger charge is -2.37. The van der Waals surface area contributed by atoms with Crippen molar-refractivity contribution >= 4 is 42.1 Å². The van der Waals surface area contributed by atoms with Crippen LogP contribution in [0.1, 0.15) is 27.0 Å². The molecule has 0 bridgehead atoms. The number of hydrogen-bond donors (Lipinski definition) is 1. The molecule has 1 aliphatic heterocycles. The highest BCUT2D eigenvalue weighted by molar-refractivity contribution is 7.17. The van der Waals surface area contributed by atoms with Crippen LogP contribution < -0.4 is 10.1 Å². The van der Waals surface area contributed by atoms with Crippen LogP contribution >= 0.6 is 36.2 Å². The van der Waals surface area contributed by atoms with Crippen LogP contribution in [-0.4, -0.2) is 52.3 Å². The molecule has 0 radical (unpaired) electrons. The van der Waals surface area contributed by atoms with Gasteiger partial charge in [0.1, 0.15) is 15.6 Å². The number of rotatable bonds is 4. The average molecular weight is 470 g/mol. The van der Waals surface area contributed by atoms with E-state index in [-0.39, 0.29) is 36.8 Å². The molecule has 1 amide bonds. The van der Waals surface area contributed by atoms with Gasteiger partial charge in [0.05, 0.1) is 25.0 Å². The quantitative estimate of drug-likeness (QED) is 0.632. The summed E-state index contributed by atoms with van der Waals surface area (Å²) in [4.78, 5) is 20.7. The maximum absolute atomic E-state index is 13.5. The van der Waals surface area contributed by atoms with Crippen LogP contribution in [0.5, 0.6) is 5.75 Å². The van der Waals surface area contributed by atoms with Crippen LogP contribution in [0.25, 0.3) is 10.6 Å². The maximum atomic E-state index is 13.5. The molecule has 1 aromatic carbocycles. The number of thiazole rings is 1. The largest absolute Gasteiger partial charge is 0.496 e. The van der Waals surface area contributed by atoms with Crippen molar-refractivity contribution < 1.29 is 9.53 Å². The minimum Gasteiger partial charge on any atom is -0.496 e. The predicted octanol–water partition coefficient (Wildman–Crippen LogP) is 3.49. The summed E-state index contributed by atoms with van der Waals surface area (Å²) in [5.41, 5.74) is 2.70. The van der Waals surface area contributed by atoms with Crippen molar-refractivity contribution in [2.75, 3.05) is 26.7 Å². The molecule has 30 heavy (non-hydrogen) atoms. The molecule has 10 heteroatoms. The molecule has 3 heterocycles. The summed E-state index contributed by atoms with van der Waals surface area (Å²) in [6.07, 6.45) is 3.68. The predicted molar refractivity (Wildman–Crippen MR) is 123 cm³/mol. The highest BCUT2D eigenvalue weighted by Gasteiger charge is 2.32. The van der Waals surface area contributed by atoms with Crippen LogP contribution in [0, 0.1) is 6.92 Å². The summed E-state index contributed by atoms with van der Waals surface area (Å²) in [5.74, 6) is 0.814. The molecule has 2 aromatic heterocycles. The van der Waals surface area contributed by atoms with Crippen molar-refractivity contribution in [2.45, 2.75) is 13.0 Å². The highest BCUT2D eigenvalue weighted by atomic mass is 35.5. The first-order chi connectivity index (χ1) is 13.6. The second-order valence-electron chi connectivity index (χ2n) is 6.80. The third kappa shape index (κ3) is 4.62. The van der Waals surface area contributed by atoms with Gasteiger partial charge in [-0.2, -0.15) is 5.10 Å². The highest BCUT2D eigenvalue weighted by Crippen LogP contribution is 2.34. The van der Waals surface area contributed by atoms with Gasteiger partial charge in [-0.3, -0.25) is 9.48 Å². The maximum Gasteiger partial charge on any atom is 0.266 e. The van der Waals surface area contributed by atoms with E-state index in [4.69, 9.17) is 4.74 Å². The standard InChI is InChI=1S/C20H23N5O2S.2ClH/c1-13-18(28-19(23-13)14-10-22-24(2)12-14)20(26)25-9-8-21-11-16(25)15-6-4-5-7-17(15)27-3;;/h4-7,10,12,16,21H,8-9,11H2,1-3H3;2*1H. The number of piperazine rings is 1. The lowest BCUT2D eigenvalue weighted by molar-refractivity contribution is 0.0635. The average Bonchev–Trinajstić information content (AvgIpc) is 3.33. The van der Waals surface area contributed by atoms with Gasteiger partial charge in [0, 0.05) is 44.0 Å². The van der Waals surface area contributed by atoms with Crippen molar-refractivity contribution in [3.63, 3.8) is 0 Å². The minimum absolute atomic E-state index is 0. The summed E-state index contributed by atoms with van der Waals surface area (Å²) in [7, 11) is 3.53. The smallest absolute Gasteiger partial charge is 0.266 e. The lowest BCUT2D eigenvalue weighted by Crippen LogP contribution is -2.48. The summed E-state index contributed by atoms with van der Waals surface area (Å²) in [6, 6.07) is 7.80. The van der Waals surface area contributed by atoms with Crippen molar-refractivity contribution in [3.8, 4) is 16.3 Å². The Bertz CT molecular complexity index is 1010. The molecule has 3 aromatic rings. The molecule has 0 aliphatic carbocycles. The lowest BCUT2D eigenvalue weighted by atomic mass is 10.0. The molecule has 0 spiro atoms. The third-order valence-electron chi connectivity index (χ3n) is 4.94. The minimum atomic E-state index is -0.0826. The zero-order valence-electron chi connectivity index (χ0n) is 17.0. The van der Waals surface area contributed by atoms with Gasteiger partial charge in [-0.15, -0.1) is 36.2 Å². The molecule has 162 valence electrons. The number of amides is 1. The van der Waals surface area contributed by atoms with E-state index in [2.05, 4.69) is 15.4 Å². The second kappa shape index (κ2) is 10.3. The molecular formula is C20H25Cl2N5O2S. The molecule has 4 rings (SSSR count). The normalized spacial score (nSPS) is 15.8. The SMILES string of the molecule is COc1ccccc1C1CNCCN1C(=O)c1sc(-c2cnn(C)c2)nc1C.Cl.Cl. The number of carbonyl (C=O) groups is 1. The Balaban J connectivity index is 0.00000160. The third-order valence-corrected chi connectivity index (χ3v) is 6.14. The van der Waals surface area contributed by atoms with Crippen LogP contribution in [0.3, 0.4) is 0 Å². The molecule has 1 atom stereocenters. The Morgan fingerprint density at radius 1 is 1.30 bits per heavy atom. The number of halogens is 2. The van der Waals surface area contributed by atoms with Crippen molar-refractivity contribution in [2.24, 2.45) is 7.05 Å². The topological polar surface area (TPSA) is 72.3 Å². The van der Waals surface area contributed by atoms with Gasteiger partial charge in [-0.25, -0.2) is 4.98 Å². The Labute approximate surface area is 192 Å². The molecule has 0 saturated carbocycles. The van der Waals surface area contributed by atoms with Gasteiger partial charge in [-0.1, -0.05) is 18.2 Å². The van der Waals surface area contributed by atoms with Gasteiger partial charge in [0.15, 0.2) is 0 Å². The van der Waals surface area contributed by atoms with E-state index in [0.29, 0.717) is 18.0 Å². The van der Waals surface area contributed by atoms with Gasteiger partial charge in [0.25, 0.3) is 5.91 Å². The number of methoxy groups -OCH3 is 1. The fourth-order valence-corrected chi connectivity index (χ4v) is 4.54. The summed E-state index contributed by atoms with van der Waals surface area (Å²) >= 11 is 1.43. The number of para-hydroxylation sites is 1. The summed E-state index contributed by atoms with van der Waals surface area (Å²) < 4.78 is 7.27. The van der Waals surface area contributed by atoms with Crippen LogP contribution in [-0.2, 0) is 7.05 Å². The van der Waals surface area contributed by atoms with Crippen molar-refractivity contribution in [3.05, 3.63) is 52.8 Å². The van der Waals surface area contributed by atoms with Crippen LogP contribution in [0.15, 0.2) is 36.7 Å². The molecule has 1 aliphatic rings. The molecular weight excluding hydrogens is 445 g/mol. The van der Waals surface area contributed by atoms with E-state index >= 15 is 0 Å². The van der Waals surface area contributed by atoms with Crippen molar-refractivity contribution in [1.29, 1.82) is 0 Å². The second-order valence-corrected chi connectivity index (χ2v) is 7.80. The van der Waals surface area contributed by atoms with Gasteiger partial charge in [0.2, 0.25) is 0 Å². The summed E-state index contributed by atoms with van der Waals surface area (Å²) in [6.45, 7) is 4.00. The Morgan fingerprint density at radius 2 is 2.07 bits per heavy atom. The Morgan fingerprint density at radius 3 is 2.77 bits per heavy atom. The number of aryl methyl sites for hydroxylation is 2. The molecule has 1 unspecified atom stereocenters. The fourth-order valence-electron chi connectivity index (χ4n) is 3.55. The van der Waals surface area contributed by atoms with E-state index in [1.54, 1.807) is 18.0 Å². The van der Waals surface area contributed by atoms with Gasteiger partial charge >= 0.3 is 0 Å². The zero-order chi connectivity index (χ0) is 19.7. The van der Waals surface area contributed by atoms with Crippen LogP contribution in [0.4, 0.5) is 0 Å². The first-order valence-corrected chi connectivity index (χ1v) is 10.0. The number of ether oxygens (including phenoxy) is 1. The van der Waals surface area contributed by atoms with E-state index < -0.39 is 0 Å². The van der Waals surface area contributed by atoms with E-state index in [1.807, 2.05) is 49.3 Å². The fraction of sp³-hybridized carbons (Fsp3) is 0.350. The van der Waals surface area contributed by atoms with E-state index in [9.17, 15) is 4.79 Å². The Hall–Kier alpha value is -2.13. The number of hydrogen-bond acceptors (Lipinski definition) is 6. The first kappa shape index (κ1) is 24.1. The first-order valence-electron chi connectivity index (χ1n) is 9.19. The van der Waals surface area contributed by atoms with Gasteiger partial charge < -0.3 is 15.0 Å². The number of aromatic nitrogens is 3. The number of carbonyl (C=O) groups excluding carboxylic acids is 1. The number of benzene rings is 1. The molecule has 1 N–H and O–H groups in total. The Kier molecular flexibility index (Phi) is 8.25. The number of nitrogens with zero attached hydrogens (tertiary/aromatic N) is 4. The molecule has 7 nitrogen and oxygen atoms in total. The van der Waals surface area contributed by atoms with E-state index in [0.717, 1.165) is 34.1 Å². The molecule has 1 saturated heterocycles. The molecule has 1 fully saturated rings. The number of nitrogens with one attached hydrogen (secondary N) is 1. The summed E-state index contributed by atoms with van der Waals surface area (Å²) in [5, 5.41) is 8.42.